The highest BCUT2D eigenvalue weighted by Gasteiger charge is 2.18. The number of anilines is 4. The largest absolute Gasteiger partial charge is 0.343 e. The van der Waals surface area contributed by atoms with Crippen LogP contribution in [0.3, 0.4) is 0 Å². The van der Waals surface area contributed by atoms with Gasteiger partial charge >= 0.3 is 0 Å². The fourth-order valence-electron chi connectivity index (χ4n) is 3.74. The zero-order valence-corrected chi connectivity index (χ0v) is 24.2. The summed E-state index contributed by atoms with van der Waals surface area (Å²) >= 11 is 0. The molecule has 0 fully saturated rings. The number of sulfonamides is 1. The van der Waals surface area contributed by atoms with Crippen LogP contribution in [0.2, 0.25) is 0 Å². The number of nitrogens with one attached hydrogen (secondary N) is 2. The third-order valence-electron chi connectivity index (χ3n) is 6.21. The van der Waals surface area contributed by atoms with Crippen LogP contribution in [0.15, 0.2) is 59.9 Å². The molecule has 0 aliphatic heterocycles. The second kappa shape index (κ2) is 11.9. The lowest BCUT2D eigenvalue weighted by atomic mass is 10.1. The summed E-state index contributed by atoms with van der Waals surface area (Å²) in [6.07, 6.45) is 3.10. The standard InChI is InChI=1S/C27H33N9O3S/c1-18-10-11-19(26(37)31-20-8-7-9-21(15-20)40(38,39)35(4)5)14-22(18)32-25-24-23(29-17-30-25)16-28-27(33-24)36(6)13-12-34(2)3/h7-11,14-17H,12-13H2,1-6H3,(H,31,37)(H,29,30,32). The molecule has 2 aromatic carbocycles. The second-order valence-electron chi connectivity index (χ2n) is 9.78. The Labute approximate surface area is 234 Å². The van der Waals surface area contributed by atoms with Crippen LogP contribution in [-0.4, -0.2) is 91.8 Å². The van der Waals surface area contributed by atoms with E-state index >= 15 is 0 Å². The molecular formula is C27H33N9O3S. The Hall–Kier alpha value is -4.20. The molecular weight excluding hydrogens is 530 g/mol. The van der Waals surface area contributed by atoms with Crippen LogP contribution < -0.4 is 15.5 Å². The Morgan fingerprint density at radius 1 is 0.950 bits per heavy atom. The molecule has 0 atom stereocenters. The lowest BCUT2D eigenvalue weighted by Crippen LogP contribution is -2.29. The van der Waals surface area contributed by atoms with E-state index in [1.54, 1.807) is 30.5 Å². The van der Waals surface area contributed by atoms with Gasteiger partial charge < -0.3 is 20.4 Å². The number of hydrogen-bond acceptors (Lipinski definition) is 10. The molecule has 40 heavy (non-hydrogen) atoms. The fraction of sp³-hybridized carbons (Fsp3) is 0.296. The number of hydrogen-bond donors (Lipinski definition) is 2. The molecule has 13 heteroatoms. The Balaban J connectivity index is 1.59. The van der Waals surface area contributed by atoms with Crippen molar-refractivity contribution in [2.24, 2.45) is 0 Å². The molecule has 4 rings (SSSR count). The number of nitrogens with zero attached hydrogens (tertiary/aromatic N) is 7. The van der Waals surface area contributed by atoms with Crippen LogP contribution in [0.1, 0.15) is 15.9 Å². The molecule has 0 unspecified atom stereocenters. The number of carbonyl (C=O) groups is 1. The number of amides is 1. The van der Waals surface area contributed by atoms with Gasteiger partial charge in [-0.15, -0.1) is 0 Å². The third kappa shape index (κ3) is 6.50. The molecule has 2 aromatic heterocycles. The Morgan fingerprint density at radius 3 is 2.45 bits per heavy atom. The number of rotatable bonds is 10. The lowest BCUT2D eigenvalue weighted by Gasteiger charge is -2.20. The zero-order chi connectivity index (χ0) is 29.0. The molecule has 2 N–H and O–H groups in total. The average molecular weight is 564 g/mol. The van der Waals surface area contributed by atoms with Crippen molar-refractivity contribution in [1.82, 2.24) is 29.1 Å². The Bertz CT molecular complexity index is 1640. The van der Waals surface area contributed by atoms with E-state index in [1.165, 1.54) is 32.6 Å². The highest BCUT2D eigenvalue weighted by Crippen LogP contribution is 2.26. The summed E-state index contributed by atoms with van der Waals surface area (Å²) in [7, 11) is 5.22. The number of benzene rings is 2. The van der Waals surface area contributed by atoms with Crippen LogP contribution in [0, 0.1) is 6.92 Å². The quantitative estimate of drug-likeness (QED) is 0.296. The van der Waals surface area contributed by atoms with Crippen LogP contribution in [-0.2, 0) is 10.0 Å². The number of aryl methyl sites for hydroxylation is 1. The van der Waals surface area contributed by atoms with Crippen LogP contribution in [0.4, 0.5) is 23.1 Å². The molecule has 0 bridgehead atoms. The highest BCUT2D eigenvalue weighted by atomic mass is 32.2. The van der Waals surface area contributed by atoms with E-state index in [9.17, 15) is 13.2 Å². The molecule has 0 aliphatic carbocycles. The van der Waals surface area contributed by atoms with E-state index < -0.39 is 10.0 Å². The van der Waals surface area contributed by atoms with Crippen molar-refractivity contribution in [3.8, 4) is 0 Å². The predicted octanol–water partition coefficient (Wildman–Crippen LogP) is 2.97. The maximum absolute atomic E-state index is 13.1. The molecule has 0 saturated carbocycles. The van der Waals surface area contributed by atoms with Crippen molar-refractivity contribution in [3.63, 3.8) is 0 Å². The van der Waals surface area contributed by atoms with Gasteiger partial charge in [0.15, 0.2) is 5.82 Å². The second-order valence-corrected chi connectivity index (χ2v) is 11.9. The summed E-state index contributed by atoms with van der Waals surface area (Å²) < 4.78 is 26.1. The number of carbonyl (C=O) groups excluding carboxylic acids is 1. The number of aromatic nitrogens is 4. The van der Waals surface area contributed by atoms with Crippen molar-refractivity contribution in [2.45, 2.75) is 11.8 Å². The van der Waals surface area contributed by atoms with Crippen LogP contribution in [0.5, 0.6) is 0 Å². The first-order valence-electron chi connectivity index (χ1n) is 12.5. The molecule has 4 aromatic rings. The number of likely N-dealkylation sites (N-methyl/N-ethyl adjacent to an activating group) is 2. The highest BCUT2D eigenvalue weighted by molar-refractivity contribution is 7.89. The molecule has 0 radical (unpaired) electrons. The first-order valence-corrected chi connectivity index (χ1v) is 13.9. The summed E-state index contributed by atoms with van der Waals surface area (Å²) in [5.41, 5.74) is 3.44. The number of fused-ring (bicyclic) bond motifs is 1. The minimum atomic E-state index is -3.64. The topological polar surface area (TPSA) is 137 Å². The summed E-state index contributed by atoms with van der Waals surface area (Å²) in [6.45, 7) is 3.51. The molecule has 2 heterocycles. The van der Waals surface area contributed by atoms with E-state index in [2.05, 4.69) is 30.5 Å². The van der Waals surface area contributed by atoms with Gasteiger partial charge in [-0.25, -0.2) is 32.7 Å². The van der Waals surface area contributed by atoms with E-state index in [4.69, 9.17) is 4.98 Å². The fourth-order valence-corrected chi connectivity index (χ4v) is 4.69. The van der Waals surface area contributed by atoms with Crippen molar-refractivity contribution >= 4 is 50.1 Å². The minimum absolute atomic E-state index is 0.0888. The van der Waals surface area contributed by atoms with Crippen LogP contribution >= 0.6 is 0 Å². The van der Waals surface area contributed by atoms with Crippen molar-refractivity contribution in [2.75, 3.05) is 63.9 Å². The van der Waals surface area contributed by atoms with Gasteiger partial charge in [0.25, 0.3) is 5.91 Å². The molecule has 12 nitrogen and oxygen atoms in total. The summed E-state index contributed by atoms with van der Waals surface area (Å²) in [4.78, 5) is 35.1. The average Bonchev–Trinajstić information content (AvgIpc) is 2.92. The molecule has 0 saturated heterocycles. The van der Waals surface area contributed by atoms with E-state index in [0.717, 1.165) is 23.0 Å². The first-order chi connectivity index (χ1) is 19.0. The van der Waals surface area contributed by atoms with Crippen LogP contribution in [0.25, 0.3) is 11.0 Å². The monoisotopic (exact) mass is 563 g/mol. The summed E-state index contributed by atoms with van der Waals surface area (Å²) in [5, 5.41) is 6.08. The SMILES string of the molecule is Cc1ccc(C(=O)Nc2cccc(S(=O)(=O)N(C)C)c2)cc1Nc1ncnc2cnc(N(C)CCN(C)C)nc12. The smallest absolute Gasteiger partial charge is 0.255 e. The van der Waals surface area contributed by atoms with Crippen molar-refractivity contribution < 1.29 is 13.2 Å². The molecule has 0 aliphatic rings. The van der Waals surface area contributed by atoms with Gasteiger partial charge in [0.1, 0.15) is 17.4 Å². The van der Waals surface area contributed by atoms with Gasteiger partial charge in [0.05, 0.1) is 11.1 Å². The third-order valence-corrected chi connectivity index (χ3v) is 8.02. The van der Waals surface area contributed by atoms with Gasteiger partial charge in [-0.05, 0) is 56.9 Å². The van der Waals surface area contributed by atoms with Gasteiger partial charge in [-0.3, -0.25) is 4.79 Å². The Morgan fingerprint density at radius 2 is 1.73 bits per heavy atom. The Kier molecular flexibility index (Phi) is 8.57. The molecule has 0 spiro atoms. The predicted molar refractivity (Wildman–Crippen MR) is 157 cm³/mol. The van der Waals surface area contributed by atoms with Crippen molar-refractivity contribution in [1.29, 1.82) is 0 Å². The minimum Gasteiger partial charge on any atom is -0.343 e. The van der Waals surface area contributed by atoms with Crippen molar-refractivity contribution in [3.05, 3.63) is 66.1 Å². The van der Waals surface area contributed by atoms with E-state index in [0.29, 0.717) is 39.7 Å². The summed E-state index contributed by atoms with van der Waals surface area (Å²) in [5.74, 6) is 0.648. The van der Waals surface area contributed by atoms with Gasteiger partial charge in [0, 0.05) is 51.2 Å². The van der Waals surface area contributed by atoms with E-state index in [1.807, 2.05) is 39.0 Å². The molecule has 210 valence electrons. The lowest BCUT2D eigenvalue weighted by molar-refractivity contribution is 0.102. The molecule has 1 amide bonds. The summed E-state index contributed by atoms with van der Waals surface area (Å²) in [6, 6.07) is 11.4. The maximum atomic E-state index is 13.1. The zero-order valence-electron chi connectivity index (χ0n) is 23.4. The van der Waals surface area contributed by atoms with Gasteiger partial charge in [-0.2, -0.15) is 0 Å². The van der Waals surface area contributed by atoms with Gasteiger partial charge in [-0.1, -0.05) is 12.1 Å². The first kappa shape index (κ1) is 28.8. The maximum Gasteiger partial charge on any atom is 0.255 e. The van der Waals surface area contributed by atoms with E-state index in [-0.39, 0.29) is 10.8 Å². The van der Waals surface area contributed by atoms with Gasteiger partial charge in [0.2, 0.25) is 16.0 Å². The normalized spacial score (nSPS) is 11.7.